The predicted octanol–water partition coefficient (Wildman–Crippen LogP) is 3.20. The van der Waals surface area contributed by atoms with E-state index in [9.17, 15) is 4.79 Å². The molecule has 0 aliphatic heterocycles. The maximum atomic E-state index is 12.1. The topological polar surface area (TPSA) is 64.1 Å². The molecule has 3 aromatic rings. The molecular weight excluding hydrogens is 310 g/mol. The number of anilines is 1. The highest BCUT2D eigenvalue weighted by atomic mass is 32.1. The van der Waals surface area contributed by atoms with Crippen LogP contribution in [0.25, 0.3) is 10.2 Å². The second kappa shape index (κ2) is 5.96. The van der Waals surface area contributed by atoms with Crippen LogP contribution in [0.1, 0.15) is 17.5 Å². The van der Waals surface area contributed by atoms with Gasteiger partial charge in [-0.05, 0) is 54.0 Å². The molecule has 0 spiro atoms. The van der Waals surface area contributed by atoms with E-state index < -0.39 is 0 Å². The lowest BCUT2D eigenvalue weighted by molar-refractivity contribution is -0.118. The quantitative estimate of drug-likeness (QED) is 0.800. The molecule has 0 atom stereocenters. The normalized spacial score (nSPS) is 13.0. The zero-order chi connectivity index (χ0) is 15.6. The molecule has 1 aromatic carbocycles. The summed E-state index contributed by atoms with van der Waals surface area (Å²) in [6, 6.07) is 8.00. The van der Waals surface area contributed by atoms with E-state index in [1.165, 1.54) is 35.2 Å². The minimum Gasteiger partial charge on any atom is -0.467 e. The van der Waals surface area contributed by atoms with Crippen LogP contribution in [-0.2, 0) is 17.6 Å². The van der Waals surface area contributed by atoms with Gasteiger partial charge in [-0.2, -0.15) is 0 Å². The Kier molecular flexibility index (Phi) is 3.67. The third kappa shape index (κ3) is 2.90. The first kappa shape index (κ1) is 14.1. The number of amides is 1. The molecule has 2 aromatic heterocycles. The summed E-state index contributed by atoms with van der Waals surface area (Å²) in [5, 5.41) is 5.64. The first-order valence-electron chi connectivity index (χ1n) is 7.52. The second-order valence-corrected chi connectivity index (χ2v) is 6.39. The Morgan fingerprint density at radius 2 is 2.13 bits per heavy atom. The number of nitrogens with zero attached hydrogens (tertiary/aromatic N) is 2. The summed E-state index contributed by atoms with van der Waals surface area (Å²) >= 11 is 1.52. The Morgan fingerprint density at radius 3 is 3.09 bits per heavy atom. The van der Waals surface area contributed by atoms with Gasteiger partial charge in [-0.3, -0.25) is 4.79 Å². The van der Waals surface area contributed by atoms with Crippen LogP contribution in [0, 0.1) is 0 Å². The Morgan fingerprint density at radius 1 is 1.22 bits per heavy atom. The Labute approximate surface area is 137 Å². The summed E-state index contributed by atoms with van der Waals surface area (Å²) in [5.41, 5.74) is 3.54. The van der Waals surface area contributed by atoms with Crippen molar-refractivity contribution in [2.45, 2.75) is 19.3 Å². The molecule has 0 fully saturated rings. The van der Waals surface area contributed by atoms with E-state index in [2.05, 4.69) is 27.4 Å². The fourth-order valence-corrected chi connectivity index (χ4v) is 3.59. The van der Waals surface area contributed by atoms with Crippen LogP contribution in [-0.4, -0.2) is 22.5 Å². The summed E-state index contributed by atoms with van der Waals surface area (Å²) in [6.45, 7) is -0.0704. The second-order valence-electron chi connectivity index (χ2n) is 5.49. The van der Waals surface area contributed by atoms with E-state index in [1.807, 2.05) is 17.5 Å². The van der Waals surface area contributed by atoms with Crippen LogP contribution >= 0.6 is 11.3 Å². The highest BCUT2D eigenvalue weighted by Gasteiger charge is 2.13. The summed E-state index contributed by atoms with van der Waals surface area (Å²) in [4.78, 5) is 21.2. The molecule has 0 unspecified atom stereocenters. The van der Waals surface area contributed by atoms with E-state index >= 15 is 0 Å². The van der Waals surface area contributed by atoms with Gasteiger partial charge < -0.3 is 10.1 Å². The number of ether oxygens (including phenoxy) is 1. The average Bonchev–Trinajstić information content (AvgIpc) is 3.21. The zero-order valence-corrected chi connectivity index (χ0v) is 13.2. The maximum absolute atomic E-state index is 12.1. The number of hydrogen-bond donors (Lipinski definition) is 1. The standard InChI is InChI=1S/C17H15N3O2S/c21-15(20-13-5-4-11-2-1-3-12(11)8-13)9-22-16-14-6-7-23-17(14)19-10-18-16/h4-8,10H,1-3,9H2,(H,20,21). The molecule has 116 valence electrons. The van der Waals surface area contributed by atoms with Gasteiger partial charge in [0.05, 0.1) is 5.39 Å². The van der Waals surface area contributed by atoms with Crippen molar-refractivity contribution in [2.75, 3.05) is 11.9 Å². The van der Waals surface area contributed by atoms with Crippen molar-refractivity contribution in [2.24, 2.45) is 0 Å². The molecule has 0 saturated carbocycles. The number of carbonyl (C=O) groups is 1. The molecule has 4 rings (SSSR count). The number of nitrogens with one attached hydrogen (secondary N) is 1. The van der Waals surface area contributed by atoms with Crippen molar-refractivity contribution >= 4 is 33.1 Å². The van der Waals surface area contributed by atoms with E-state index in [4.69, 9.17) is 4.74 Å². The van der Waals surface area contributed by atoms with Crippen molar-refractivity contribution in [3.63, 3.8) is 0 Å². The van der Waals surface area contributed by atoms with Gasteiger partial charge in [-0.25, -0.2) is 9.97 Å². The number of aromatic nitrogens is 2. The molecule has 1 aliphatic carbocycles. The fraction of sp³-hybridized carbons (Fsp3) is 0.235. The highest BCUT2D eigenvalue weighted by Crippen LogP contribution is 2.26. The van der Waals surface area contributed by atoms with E-state index in [0.717, 1.165) is 28.7 Å². The van der Waals surface area contributed by atoms with Crippen LogP contribution < -0.4 is 10.1 Å². The van der Waals surface area contributed by atoms with Gasteiger partial charge in [-0.15, -0.1) is 11.3 Å². The SMILES string of the molecule is O=C(COc1ncnc2sccc12)Nc1ccc2c(c1)CCC2. The Bertz CT molecular complexity index is 875. The van der Waals surface area contributed by atoms with Crippen molar-refractivity contribution in [3.8, 4) is 5.88 Å². The van der Waals surface area contributed by atoms with Gasteiger partial charge in [0.15, 0.2) is 6.61 Å². The Hall–Kier alpha value is -2.47. The smallest absolute Gasteiger partial charge is 0.262 e. The zero-order valence-electron chi connectivity index (χ0n) is 12.4. The lowest BCUT2D eigenvalue weighted by Crippen LogP contribution is -2.20. The lowest BCUT2D eigenvalue weighted by Gasteiger charge is -2.09. The summed E-state index contributed by atoms with van der Waals surface area (Å²) in [6.07, 6.45) is 4.87. The van der Waals surface area contributed by atoms with Crippen LogP contribution in [0.15, 0.2) is 36.0 Å². The van der Waals surface area contributed by atoms with E-state index in [0.29, 0.717) is 5.88 Å². The van der Waals surface area contributed by atoms with Crippen LogP contribution in [0.5, 0.6) is 5.88 Å². The van der Waals surface area contributed by atoms with Gasteiger partial charge in [-0.1, -0.05) is 6.07 Å². The Balaban J connectivity index is 1.41. The number of aryl methyl sites for hydroxylation is 2. The minimum absolute atomic E-state index is 0.0704. The van der Waals surface area contributed by atoms with Gasteiger partial charge in [0, 0.05) is 5.69 Å². The van der Waals surface area contributed by atoms with Crippen molar-refractivity contribution in [3.05, 3.63) is 47.1 Å². The molecule has 1 aliphatic rings. The highest BCUT2D eigenvalue weighted by molar-refractivity contribution is 7.16. The monoisotopic (exact) mass is 325 g/mol. The van der Waals surface area contributed by atoms with Crippen molar-refractivity contribution < 1.29 is 9.53 Å². The third-order valence-corrected chi connectivity index (χ3v) is 4.77. The maximum Gasteiger partial charge on any atom is 0.262 e. The van der Waals surface area contributed by atoms with Gasteiger partial charge >= 0.3 is 0 Å². The van der Waals surface area contributed by atoms with Gasteiger partial charge in [0.2, 0.25) is 5.88 Å². The molecule has 1 amide bonds. The van der Waals surface area contributed by atoms with Crippen LogP contribution in [0.4, 0.5) is 5.69 Å². The van der Waals surface area contributed by atoms with E-state index in [-0.39, 0.29) is 12.5 Å². The molecular formula is C17H15N3O2S. The molecule has 23 heavy (non-hydrogen) atoms. The molecule has 6 heteroatoms. The first-order chi connectivity index (χ1) is 11.3. The lowest BCUT2D eigenvalue weighted by atomic mass is 10.1. The number of fused-ring (bicyclic) bond motifs is 2. The minimum atomic E-state index is -0.190. The number of rotatable bonds is 4. The number of thiophene rings is 1. The van der Waals surface area contributed by atoms with Crippen molar-refractivity contribution in [1.82, 2.24) is 9.97 Å². The molecule has 1 N–H and O–H groups in total. The summed E-state index contributed by atoms with van der Waals surface area (Å²) < 4.78 is 5.55. The predicted molar refractivity (Wildman–Crippen MR) is 90.0 cm³/mol. The van der Waals surface area contributed by atoms with Crippen molar-refractivity contribution in [1.29, 1.82) is 0 Å². The number of hydrogen-bond acceptors (Lipinski definition) is 5. The fourth-order valence-electron chi connectivity index (χ4n) is 2.86. The third-order valence-electron chi connectivity index (χ3n) is 3.95. The summed E-state index contributed by atoms with van der Waals surface area (Å²) in [7, 11) is 0. The first-order valence-corrected chi connectivity index (χ1v) is 8.40. The molecule has 2 heterocycles. The largest absolute Gasteiger partial charge is 0.467 e. The van der Waals surface area contributed by atoms with E-state index in [1.54, 1.807) is 0 Å². The molecule has 0 radical (unpaired) electrons. The van der Waals surface area contributed by atoms with Gasteiger partial charge in [0.25, 0.3) is 5.91 Å². The van der Waals surface area contributed by atoms with Crippen LogP contribution in [0.3, 0.4) is 0 Å². The number of benzene rings is 1. The molecule has 0 bridgehead atoms. The molecule has 0 saturated heterocycles. The summed E-state index contributed by atoms with van der Waals surface area (Å²) in [5.74, 6) is 0.255. The average molecular weight is 325 g/mol. The van der Waals surface area contributed by atoms with Gasteiger partial charge in [0.1, 0.15) is 11.2 Å². The molecule has 5 nitrogen and oxygen atoms in total. The number of carbonyl (C=O) groups excluding carboxylic acids is 1. The van der Waals surface area contributed by atoms with Crippen LogP contribution in [0.2, 0.25) is 0 Å².